The second kappa shape index (κ2) is 7.53. The van der Waals surface area contributed by atoms with E-state index in [1.54, 1.807) is 12.4 Å². The number of nitrogens with zero attached hydrogens (tertiary/aromatic N) is 5. The van der Waals surface area contributed by atoms with Crippen LogP contribution >= 0.6 is 0 Å². The van der Waals surface area contributed by atoms with E-state index in [2.05, 4.69) is 44.2 Å². The number of hydrogen-bond donors (Lipinski definition) is 1. The predicted molar refractivity (Wildman–Crippen MR) is 107 cm³/mol. The van der Waals surface area contributed by atoms with Crippen molar-refractivity contribution in [3.8, 4) is 11.4 Å². The lowest BCUT2D eigenvalue weighted by atomic mass is 10.1. The third-order valence-corrected chi connectivity index (χ3v) is 5.07. The number of benzene rings is 1. The Balaban J connectivity index is 1.39. The minimum Gasteiger partial charge on any atom is -0.379 e. The molecule has 4 heterocycles. The molecule has 1 aromatic carbocycles. The molecule has 5 rings (SSSR count). The van der Waals surface area contributed by atoms with Gasteiger partial charge in [-0.2, -0.15) is 5.10 Å². The van der Waals surface area contributed by atoms with Crippen LogP contribution in [-0.2, 0) is 17.8 Å². The molecule has 1 aliphatic heterocycles. The van der Waals surface area contributed by atoms with Crippen molar-refractivity contribution in [2.45, 2.75) is 13.1 Å². The lowest BCUT2D eigenvalue weighted by Crippen LogP contribution is -2.35. The van der Waals surface area contributed by atoms with E-state index in [0.29, 0.717) is 6.54 Å². The number of rotatable bonds is 5. The van der Waals surface area contributed by atoms with Crippen LogP contribution in [0.4, 0.5) is 0 Å². The Morgan fingerprint density at radius 1 is 1.00 bits per heavy atom. The molecular weight excluding hydrogens is 352 g/mol. The Hall–Kier alpha value is -3.03. The summed E-state index contributed by atoms with van der Waals surface area (Å²) in [4.78, 5) is 14.7. The Morgan fingerprint density at radius 2 is 1.86 bits per heavy atom. The van der Waals surface area contributed by atoms with Gasteiger partial charge in [0.05, 0.1) is 26.0 Å². The highest BCUT2D eigenvalue weighted by molar-refractivity contribution is 5.76. The summed E-state index contributed by atoms with van der Waals surface area (Å²) in [6, 6.07) is 12.6. The highest BCUT2D eigenvalue weighted by Crippen LogP contribution is 2.22. The minimum absolute atomic E-state index is 0.674. The van der Waals surface area contributed by atoms with Gasteiger partial charge >= 0.3 is 0 Å². The van der Waals surface area contributed by atoms with E-state index >= 15 is 0 Å². The third-order valence-electron chi connectivity index (χ3n) is 5.07. The Morgan fingerprint density at radius 3 is 2.71 bits per heavy atom. The monoisotopic (exact) mass is 374 g/mol. The van der Waals surface area contributed by atoms with Gasteiger partial charge in [0, 0.05) is 37.6 Å². The van der Waals surface area contributed by atoms with Crippen molar-refractivity contribution < 1.29 is 4.74 Å². The first-order valence-electron chi connectivity index (χ1n) is 9.55. The van der Waals surface area contributed by atoms with Gasteiger partial charge in [0.1, 0.15) is 11.3 Å². The Kier molecular flexibility index (Phi) is 4.60. The van der Waals surface area contributed by atoms with E-state index in [0.717, 1.165) is 61.0 Å². The largest absolute Gasteiger partial charge is 0.379 e. The van der Waals surface area contributed by atoms with Gasteiger partial charge in [0.15, 0.2) is 5.65 Å². The van der Waals surface area contributed by atoms with Gasteiger partial charge in [-0.1, -0.05) is 18.2 Å². The van der Waals surface area contributed by atoms with Crippen LogP contribution in [0.15, 0.2) is 55.0 Å². The standard InChI is InChI=1S/C21H22N6O/c1-2-17(14-26-8-10-28-11-9-26)12-18(3-1)20-24-19-13-23-27(21(19)25-20)15-16-4-6-22-7-5-16/h1-7,12-13H,8-11,14-15H2,(H,24,25). The van der Waals surface area contributed by atoms with Crippen LogP contribution in [0.5, 0.6) is 0 Å². The van der Waals surface area contributed by atoms with Crippen molar-refractivity contribution in [2.75, 3.05) is 26.3 Å². The molecule has 0 radical (unpaired) electrons. The smallest absolute Gasteiger partial charge is 0.177 e. The lowest BCUT2D eigenvalue weighted by molar-refractivity contribution is 0.0342. The molecule has 1 saturated heterocycles. The van der Waals surface area contributed by atoms with Crippen LogP contribution in [0.1, 0.15) is 11.1 Å². The quantitative estimate of drug-likeness (QED) is 0.582. The first-order chi connectivity index (χ1) is 13.8. The molecular formula is C21H22N6O. The first kappa shape index (κ1) is 17.1. The van der Waals surface area contributed by atoms with Gasteiger partial charge in [0.2, 0.25) is 0 Å². The van der Waals surface area contributed by atoms with Gasteiger partial charge in [0.25, 0.3) is 0 Å². The third kappa shape index (κ3) is 3.54. The van der Waals surface area contributed by atoms with E-state index in [9.17, 15) is 0 Å². The SMILES string of the molecule is c1cc(CN2CCOCC2)cc(-c2nc3c(cnn3Cc3ccncc3)[nH]2)c1. The number of morpholine rings is 1. The topological polar surface area (TPSA) is 71.9 Å². The molecule has 0 bridgehead atoms. The maximum atomic E-state index is 5.44. The second-order valence-corrected chi connectivity index (χ2v) is 7.07. The number of H-pyrrole nitrogens is 1. The summed E-state index contributed by atoms with van der Waals surface area (Å²) in [6.07, 6.45) is 5.43. The zero-order valence-electron chi connectivity index (χ0n) is 15.6. The van der Waals surface area contributed by atoms with Crippen LogP contribution in [0.2, 0.25) is 0 Å². The Labute approximate surface area is 163 Å². The highest BCUT2D eigenvalue weighted by atomic mass is 16.5. The molecule has 4 aromatic rings. The van der Waals surface area contributed by atoms with Crippen LogP contribution in [0.3, 0.4) is 0 Å². The molecule has 142 valence electrons. The predicted octanol–water partition coefficient (Wildman–Crippen LogP) is 2.70. The number of fused-ring (bicyclic) bond motifs is 1. The summed E-state index contributed by atoms with van der Waals surface area (Å²) in [5, 5.41) is 4.46. The summed E-state index contributed by atoms with van der Waals surface area (Å²) in [5.41, 5.74) is 5.35. The molecule has 0 aliphatic carbocycles. The van der Waals surface area contributed by atoms with Crippen molar-refractivity contribution in [2.24, 2.45) is 0 Å². The van der Waals surface area contributed by atoms with Gasteiger partial charge in [-0.05, 0) is 29.3 Å². The summed E-state index contributed by atoms with van der Waals surface area (Å²) >= 11 is 0. The molecule has 0 spiro atoms. The minimum atomic E-state index is 0.674. The molecule has 0 saturated carbocycles. The molecule has 28 heavy (non-hydrogen) atoms. The Bertz CT molecular complexity index is 1060. The van der Waals surface area contributed by atoms with Crippen molar-refractivity contribution in [1.82, 2.24) is 29.6 Å². The highest BCUT2D eigenvalue weighted by Gasteiger charge is 2.13. The lowest BCUT2D eigenvalue weighted by Gasteiger charge is -2.26. The summed E-state index contributed by atoms with van der Waals surface area (Å²) in [5.74, 6) is 0.875. The number of pyridine rings is 1. The molecule has 3 aromatic heterocycles. The van der Waals surface area contributed by atoms with E-state index < -0.39 is 0 Å². The number of nitrogens with one attached hydrogen (secondary N) is 1. The zero-order valence-corrected chi connectivity index (χ0v) is 15.6. The molecule has 1 fully saturated rings. The van der Waals surface area contributed by atoms with Crippen molar-refractivity contribution in [3.05, 3.63) is 66.1 Å². The van der Waals surface area contributed by atoms with Gasteiger partial charge in [-0.15, -0.1) is 0 Å². The number of hydrogen-bond acceptors (Lipinski definition) is 5. The fourth-order valence-electron chi connectivity index (χ4n) is 3.59. The molecule has 0 amide bonds. The average Bonchev–Trinajstić information content (AvgIpc) is 3.32. The van der Waals surface area contributed by atoms with Crippen molar-refractivity contribution >= 4 is 11.2 Å². The maximum Gasteiger partial charge on any atom is 0.177 e. The molecule has 7 nitrogen and oxygen atoms in total. The summed E-state index contributed by atoms with van der Waals surface area (Å²) in [6.45, 7) is 5.22. The molecule has 0 atom stereocenters. The fraction of sp³-hybridized carbons (Fsp3) is 0.286. The van der Waals surface area contributed by atoms with Crippen LogP contribution in [0, 0.1) is 0 Å². The number of imidazole rings is 1. The van der Waals surface area contributed by atoms with E-state index in [1.807, 2.05) is 23.0 Å². The van der Waals surface area contributed by atoms with Gasteiger partial charge in [-0.3, -0.25) is 9.88 Å². The number of ether oxygens (including phenoxy) is 1. The average molecular weight is 374 g/mol. The normalized spacial score (nSPS) is 15.3. The van der Waals surface area contributed by atoms with E-state index in [-0.39, 0.29) is 0 Å². The number of aromatic nitrogens is 5. The summed E-state index contributed by atoms with van der Waals surface area (Å²) in [7, 11) is 0. The van der Waals surface area contributed by atoms with Crippen LogP contribution < -0.4 is 0 Å². The maximum absolute atomic E-state index is 5.44. The van der Waals surface area contributed by atoms with Crippen LogP contribution in [0.25, 0.3) is 22.6 Å². The van der Waals surface area contributed by atoms with Gasteiger partial charge < -0.3 is 9.72 Å². The molecule has 1 N–H and O–H groups in total. The van der Waals surface area contributed by atoms with Crippen LogP contribution in [-0.4, -0.2) is 55.9 Å². The fourth-order valence-corrected chi connectivity index (χ4v) is 3.59. The zero-order chi connectivity index (χ0) is 18.8. The van der Waals surface area contributed by atoms with E-state index in [1.165, 1.54) is 5.56 Å². The second-order valence-electron chi connectivity index (χ2n) is 7.07. The first-order valence-corrected chi connectivity index (χ1v) is 9.55. The van der Waals surface area contributed by atoms with Crippen molar-refractivity contribution in [3.63, 3.8) is 0 Å². The van der Waals surface area contributed by atoms with Crippen molar-refractivity contribution in [1.29, 1.82) is 0 Å². The van der Waals surface area contributed by atoms with E-state index in [4.69, 9.17) is 9.72 Å². The van der Waals surface area contributed by atoms with Gasteiger partial charge in [-0.25, -0.2) is 9.67 Å². The molecule has 0 unspecified atom stereocenters. The number of aromatic amines is 1. The molecule has 1 aliphatic rings. The molecule has 7 heteroatoms. The summed E-state index contributed by atoms with van der Waals surface area (Å²) < 4.78 is 7.36.